The topological polar surface area (TPSA) is 70.3 Å². The molecule has 0 unspecified atom stereocenters. The number of nitrogens with zero attached hydrogens (tertiary/aromatic N) is 1. The van der Waals surface area contributed by atoms with Gasteiger partial charge in [0, 0.05) is 0 Å². The number of hydrogen-bond acceptors (Lipinski definition) is 3. The van der Waals surface area contributed by atoms with Crippen molar-refractivity contribution < 1.29 is 19.0 Å². The molecule has 0 aliphatic heterocycles. The summed E-state index contributed by atoms with van der Waals surface area (Å²) in [5.41, 5.74) is 0.824. The minimum Gasteiger partial charge on any atom is -0.489 e. The molecule has 1 N–H and O–H groups in total. The number of carbonyl (C=O) groups is 1. The van der Waals surface area contributed by atoms with Gasteiger partial charge in [-0.1, -0.05) is 6.07 Å². The number of halogens is 1. The Hall–Kier alpha value is -2.87. The first kappa shape index (κ1) is 13.6. The Bertz CT molecular complexity index is 692. The fraction of sp³-hybridized carbons (Fsp3) is 0.0667. The lowest BCUT2D eigenvalue weighted by Crippen LogP contribution is -2.00. The van der Waals surface area contributed by atoms with E-state index < -0.39 is 11.8 Å². The zero-order valence-corrected chi connectivity index (χ0v) is 10.3. The molecule has 0 aliphatic carbocycles. The third kappa shape index (κ3) is 3.33. The highest BCUT2D eigenvalue weighted by Crippen LogP contribution is 2.16. The number of carboxylic acid groups (broad SMARTS) is 1. The van der Waals surface area contributed by atoms with Crippen molar-refractivity contribution in [1.29, 1.82) is 5.26 Å². The SMILES string of the molecule is N#Cc1cc(F)cc(COc2cccc(C(=O)O)c2)c1. The van der Waals surface area contributed by atoms with Crippen LogP contribution in [0.5, 0.6) is 5.75 Å². The van der Waals surface area contributed by atoms with Gasteiger partial charge in [0.1, 0.15) is 18.2 Å². The molecule has 0 radical (unpaired) electrons. The quantitative estimate of drug-likeness (QED) is 0.928. The number of aromatic carboxylic acids is 1. The maximum Gasteiger partial charge on any atom is 0.335 e. The summed E-state index contributed by atoms with van der Waals surface area (Å²) >= 11 is 0. The van der Waals surface area contributed by atoms with Crippen molar-refractivity contribution in [2.24, 2.45) is 0 Å². The maximum atomic E-state index is 13.2. The summed E-state index contributed by atoms with van der Waals surface area (Å²) in [4.78, 5) is 10.8. The lowest BCUT2D eigenvalue weighted by atomic mass is 10.1. The van der Waals surface area contributed by atoms with E-state index in [4.69, 9.17) is 15.1 Å². The van der Waals surface area contributed by atoms with E-state index in [1.54, 1.807) is 12.1 Å². The van der Waals surface area contributed by atoms with E-state index in [1.807, 2.05) is 6.07 Å². The summed E-state index contributed by atoms with van der Waals surface area (Å²) in [5, 5.41) is 17.6. The highest BCUT2D eigenvalue weighted by Gasteiger charge is 2.05. The second-order valence-corrected chi connectivity index (χ2v) is 4.08. The monoisotopic (exact) mass is 271 g/mol. The van der Waals surface area contributed by atoms with Gasteiger partial charge in [-0.25, -0.2) is 9.18 Å². The zero-order chi connectivity index (χ0) is 14.5. The van der Waals surface area contributed by atoms with E-state index in [0.29, 0.717) is 11.3 Å². The maximum absolute atomic E-state index is 13.2. The third-order valence-corrected chi connectivity index (χ3v) is 2.57. The molecule has 2 rings (SSSR count). The number of nitriles is 1. The van der Waals surface area contributed by atoms with Crippen molar-refractivity contribution in [1.82, 2.24) is 0 Å². The average molecular weight is 271 g/mol. The molecule has 0 heterocycles. The van der Waals surface area contributed by atoms with Crippen LogP contribution < -0.4 is 4.74 Å². The van der Waals surface area contributed by atoms with E-state index in [9.17, 15) is 9.18 Å². The molecule has 0 aliphatic rings. The molecule has 0 aromatic heterocycles. The lowest BCUT2D eigenvalue weighted by molar-refractivity contribution is 0.0696. The number of benzene rings is 2. The van der Waals surface area contributed by atoms with Gasteiger partial charge in [-0.2, -0.15) is 5.26 Å². The van der Waals surface area contributed by atoms with Crippen molar-refractivity contribution in [2.75, 3.05) is 0 Å². The first-order valence-corrected chi connectivity index (χ1v) is 5.74. The summed E-state index contributed by atoms with van der Waals surface area (Å²) in [6.07, 6.45) is 0. The Kier molecular flexibility index (Phi) is 3.96. The molecular formula is C15H10FNO3. The van der Waals surface area contributed by atoms with E-state index in [0.717, 1.165) is 6.07 Å². The number of hydrogen-bond donors (Lipinski definition) is 1. The molecule has 0 saturated carbocycles. The van der Waals surface area contributed by atoms with Crippen LogP contribution in [-0.4, -0.2) is 11.1 Å². The van der Waals surface area contributed by atoms with E-state index >= 15 is 0 Å². The number of rotatable bonds is 4. The van der Waals surface area contributed by atoms with Gasteiger partial charge in [0.05, 0.1) is 17.2 Å². The number of carboxylic acids is 1. The van der Waals surface area contributed by atoms with Gasteiger partial charge in [0.2, 0.25) is 0 Å². The Morgan fingerprint density at radius 3 is 2.80 bits per heavy atom. The van der Waals surface area contributed by atoms with Crippen LogP contribution in [0.4, 0.5) is 4.39 Å². The fourth-order valence-corrected chi connectivity index (χ4v) is 1.68. The highest BCUT2D eigenvalue weighted by molar-refractivity contribution is 5.87. The van der Waals surface area contributed by atoms with Gasteiger partial charge in [-0.15, -0.1) is 0 Å². The molecule has 0 bridgehead atoms. The van der Waals surface area contributed by atoms with Crippen molar-refractivity contribution in [2.45, 2.75) is 6.61 Å². The Balaban J connectivity index is 2.13. The minimum absolute atomic E-state index is 0.0511. The second-order valence-electron chi connectivity index (χ2n) is 4.08. The Morgan fingerprint density at radius 1 is 1.30 bits per heavy atom. The van der Waals surface area contributed by atoms with E-state index in [-0.39, 0.29) is 17.7 Å². The average Bonchev–Trinajstić information content (AvgIpc) is 2.44. The van der Waals surface area contributed by atoms with Crippen LogP contribution in [0.2, 0.25) is 0 Å². The van der Waals surface area contributed by atoms with Crippen LogP contribution in [0.3, 0.4) is 0 Å². The normalized spacial score (nSPS) is 9.80. The Morgan fingerprint density at radius 2 is 2.10 bits per heavy atom. The molecule has 2 aromatic carbocycles. The lowest BCUT2D eigenvalue weighted by Gasteiger charge is -2.07. The van der Waals surface area contributed by atoms with Crippen LogP contribution in [0.1, 0.15) is 21.5 Å². The summed E-state index contributed by atoms with van der Waals surface area (Å²) in [7, 11) is 0. The van der Waals surface area contributed by atoms with Crippen LogP contribution in [-0.2, 0) is 6.61 Å². The predicted octanol–water partition coefficient (Wildman–Crippen LogP) is 2.97. The van der Waals surface area contributed by atoms with E-state index in [2.05, 4.69) is 0 Å². The van der Waals surface area contributed by atoms with Crippen LogP contribution in [0.15, 0.2) is 42.5 Å². The van der Waals surface area contributed by atoms with Crippen molar-refractivity contribution >= 4 is 5.97 Å². The highest BCUT2D eigenvalue weighted by atomic mass is 19.1. The molecule has 5 heteroatoms. The van der Waals surface area contributed by atoms with Crippen LogP contribution >= 0.6 is 0 Å². The molecule has 0 spiro atoms. The first-order valence-electron chi connectivity index (χ1n) is 5.74. The van der Waals surface area contributed by atoms with Gasteiger partial charge in [-0.3, -0.25) is 0 Å². The molecule has 0 amide bonds. The predicted molar refractivity (Wildman–Crippen MR) is 68.8 cm³/mol. The van der Waals surface area contributed by atoms with Crippen molar-refractivity contribution in [3.05, 3.63) is 65.0 Å². The molecule has 20 heavy (non-hydrogen) atoms. The summed E-state index contributed by atoms with van der Waals surface area (Å²) < 4.78 is 18.6. The fourth-order valence-electron chi connectivity index (χ4n) is 1.68. The Labute approximate surface area is 114 Å². The summed E-state index contributed by atoms with van der Waals surface area (Å²) in [6.45, 7) is 0.0511. The molecule has 100 valence electrons. The van der Waals surface area contributed by atoms with Crippen molar-refractivity contribution in [3.63, 3.8) is 0 Å². The van der Waals surface area contributed by atoms with Crippen LogP contribution in [0, 0.1) is 17.1 Å². The molecule has 4 nitrogen and oxygen atoms in total. The van der Waals surface area contributed by atoms with Gasteiger partial charge < -0.3 is 9.84 Å². The first-order chi connectivity index (χ1) is 9.58. The van der Waals surface area contributed by atoms with Crippen molar-refractivity contribution in [3.8, 4) is 11.8 Å². The second kappa shape index (κ2) is 5.85. The molecule has 2 aromatic rings. The molecule has 0 fully saturated rings. The molecule has 0 saturated heterocycles. The van der Waals surface area contributed by atoms with E-state index in [1.165, 1.54) is 24.3 Å². The van der Waals surface area contributed by atoms with Gasteiger partial charge in [0.25, 0.3) is 0 Å². The molecular weight excluding hydrogens is 261 g/mol. The number of ether oxygens (including phenoxy) is 1. The van der Waals surface area contributed by atoms with Crippen LogP contribution in [0.25, 0.3) is 0 Å². The standard InChI is InChI=1S/C15H10FNO3/c16-13-5-10(8-17)4-11(6-13)9-20-14-3-1-2-12(7-14)15(18)19/h1-7H,9H2,(H,18,19). The van der Waals surface area contributed by atoms with Gasteiger partial charge in [-0.05, 0) is 42.0 Å². The third-order valence-electron chi connectivity index (χ3n) is 2.57. The molecule has 0 atom stereocenters. The smallest absolute Gasteiger partial charge is 0.335 e. The largest absolute Gasteiger partial charge is 0.489 e. The van der Waals surface area contributed by atoms with Gasteiger partial charge in [0.15, 0.2) is 0 Å². The zero-order valence-electron chi connectivity index (χ0n) is 10.3. The minimum atomic E-state index is -1.05. The summed E-state index contributed by atoms with van der Waals surface area (Å²) in [5.74, 6) is -1.19. The van der Waals surface area contributed by atoms with Gasteiger partial charge >= 0.3 is 5.97 Å². The summed E-state index contributed by atoms with van der Waals surface area (Å²) in [6, 6.07) is 11.8.